The molecule has 2 aromatic rings. The molecule has 21 heavy (non-hydrogen) atoms. The third-order valence-corrected chi connectivity index (χ3v) is 4.56. The Bertz CT molecular complexity index is 697. The second-order valence-corrected chi connectivity index (χ2v) is 6.97. The molecule has 2 aromatic heterocycles. The molecule has 112 valence electrons. The summed E-state index contributed by atoms with van der Waals surface area (Å²) in [6.45, 7) is 7.07. The Morgan fingerprint density at radius 2 is 2.33 bits per heavy atom. The number of aromatic nitrogens is 2. The van der Waals surface area contributed by atoms with Gasteiger partial charge in [-0.3, -0.25) is 4.79 Å². The van der Waals surface area contributed by atoms with E-state index in [9.17, 15) is 4.79 Å². The minimum atomic E-state index is -0.349. The van der Waals surface area contributed by atoms with Crippen LogP contribution in [-0.2, 0) is 4.74 Å². The molecule has 6 nitrogen and oxygen atoms in total. The van der Waals surface area contributed by atoms with Gasteiger partial charge in [0.25, 0.3) is 5.91 Å². The lowest BCUT2D eigenvalue weighted by atomic mass is 10.1. The van der Waals surface area contributed by atoms with Crippen LogP contribution < -0.4 is 5.73 Å². The number of carbonyl (C=O) groups excluding carboxylic acids is 1. The molecule has 0 spiro atoms. The van der Waals surface area contributed by atoms with E-state index in [0.717, 1.165) is 5.39 Å². The van der Waals surface area contributed by atoms with Crippen molar-refractivity contribution in [3.8, 4) is 0 Å². The van der Waals surface area contributed by atoms with E-state index in [-0.39, 0.29) is 17.6 Å². The summed E-state index contributed by atoms with van der Waals surface area (Å²) in [5.74, 6) is -0.0567. The van der Waals surface area contributed by atoms with Crippen LogP contribution in [0.4, 0.5) is 5.69 Å². The zero-order chi connectivity index (χ0) is 15.2. The first-order chi connectivity index (χ1) is 9.87. The third kappa shape index (κ3) is 2.58. The van der Waals surface area contributed by atoms with Gasteiger partial charge in [0.2, 0.25) is 0 Å². The van der Waals surface area contributed by atoms with Gasteiger partial charge < -0.3 is 15.4 Å². The van der Waals surface area contributed by atoms with E-state index in [1.807, 2.05) is 25.7 Å². The van der Waals surface area contributed by atoms with E-state index < -0.39 is 0 Å². The van der Waals surface area contributed by atoms with Crippen molar-refractivity contribution >= 4 is 33.1 Å². The number of hydrogen-bond donors (Lipinski definition) is 1. The standard InChI is InChI=1S/C14H18N4O2S/c1-8-6-18(7-14(2,3)20-8)13(19)11-10(15)9-4-5-16-17-12(9)21-11/h4-5,8H,6-7,15H2,1-3H3. The van der Waals surface area contributed by atoms with Gasteiger partial charge in [-0.2, -0.15) is 5.10 Å². The number of morpholine rings is 1. The van der Waals surface area contributed by atoms with E-state index >= 15 is 0 Å². The minimum absolute atomic E-state index is 0.00749. The van der Waals surface area contributed by atoms with Gasteiger partial charge in [0, 0.05) is 18.5 Å². The lowest BCUT2D eigenvalue weighted by molar-refractivity contribution is -0.118. The zero-order valence-corrected chi connectivity index (χ0v) is 13.1. The first-order valence-electron chi connectivity index (χ1n) is 6.84. The molecular formula is C14H18N4O2S. The highest BCUT2D eigenvalue weighted by atomic mass is 32.1. The van der Waals surface area contributed by atoms with Gasteiger partial charge in [-0.05, 0) is 26.8 Å². The topological polar surface area (TPSA) is 81.3 Å². The average molecular weight is 306 g/mol. The summed E-state index contributed by atoms with van der Waals surface area (Å²) in [7, 11) is 0. The predicted molar refractivity (Wildman–Crippen MR) is 82.4 cm³/mol. The second kappa shape index (κ2) is 4.92. The van der Waals surface area contributed by atoms with Crippen LogP contribution in [0.25, 0.3) is 10.2 Å². The lowest BCUT2D eigenvalue weighted by Gasteiger charge is -2.41. The van der Waals surface area contributed by atoms with Crippen molar-refractivity contribution in [3.05, 3.63) is 17.1 Å². The smallest absolute Gasteiger partial charge is 0.266 e. The van der Waals surface area contributed by atoms with Gasteiger partial charge in [0.05, 0.1) is 23.6 Å². The van der Waals surface area contributed by atoms with Gasteiger partial charge in [0.15, 0.2) is 0 Å². The number of nitrogens with zero attached hydrogens (tertiary/aromatic N) is 3. The normalized spacial score (nSPS) is 21.7. The number of fused-ring (bicyclic) bond motifs is 1. The molecule has 1 atom stereocenters. The maximum atomic E-state index is 12.8. The van der Waals surface area contributed by atoms with Crippen LogP contribution in [0.2, 0.25) is 0 Å². The van der Waals surface area contributed by atoms with E-state index in [4.69, 9.17) is 10.5 Å². The van der Waals surface area contributed by atoms with Crippen molar-refractivity contribution in [1.82, 2.24) is 15.1 Å². The molecular weight excluding hydrogens is 288 g/mol. The molecule has 0 aromatic carbocycles. The summed E-state index contributed by atoms with van der Waals surface area (Å²) in [6.07, 6.45) is 1.59. The maximum absolute atomic E-state index is 12.8. The molecule has 0 radical (unpaired) electrons. The number of hydrogen-bond acceptors (Lipinski definition) is 6. The highest BCUT2D eigenvalue weighted by Gasteiger charge is 2.35. The first kappa shape index (κ1) is 14.2. The fourth-order valence-corrected chi connectivity index (χ4v) is 3.79. The van der Waals surface area contributed by atoms with Crippen LogP contribution in [-0.4, -0.2) is 45.8 Å². The Balaban J connectivity index is 1.95. The Kier molecular flexibility index (Phi) is 3.33. The van der Waals surface area contributed by atoms with Crippen LogP contribution in [0, 0.1) is 0 Å². The van der Waals surface area contributed by atoms with Crippen molar-refractivity contribution in [1.29, 1.82) is 0 Å². The van der Waals surface area contributed by atoms with Crippen molar-refractivity contribution in [2.45, 2.75) is 32.5 Å². The summed E-state index contributed by atoms with van der Waals surface area (Å²) in [4.78, 5) is 15.8. The minimum Gasteiger partial charge on any atom is -0.397 e. The van der Waals surface area contributed by atoms with Gasteiger partial charge in [-0.15, -0.1) is 16.4 Å². The van der Waals surface area contributed by atoms with Crippen LogP contribution in [0.15, 0.2) is 12.3 Å². The Morgan fingerprint density at radius 3 is 3.00 bits per heavy atom. The molecule has 1 amide bonds. The highest BCUT2D eigenvalue weighted by Crippen LogP contribution is 2.33. The number of anilines is 1. The predicted octanol–water partition coefficient (Wildman–Crippen LogP) is 1.91. The van der Waals surface area contributed by atoms with Crippen LogP contribution in [0.5, 0.6) is 0 Å². The van der Waals surface area contributed by atoms with Crippen molar-refractivity contribution < 1.29 is 9.53 Å². The number of carbonyl (C=O) groups is 1. The molecule has 1 aliphatic rings. The monoisotopic (exact) mass is 306 g/mol. The molecule has 1 saturated heterocycles. The molecule has 0 aliphatic carbocycles. The van der Waals surface area contributed by atoms with Crippen molar-refractivity contribution in [2.75, 3.05) is 18.8 Å². The summed E-state index contributed by atoms with van der Waals surface area (Å²) in [5.41, 5.74) is 6.26. The Morgan fingerprint density at radius 1 is 1.57 bits per heavy atom. The first-order valence-corrected chi connectivity index (χ1v) is 7.66. The number of nitrogen functional groups attached to an aromatic ring is 1. The van der Waals surface area contributed by atoms with E-state index in [2.05, 4.69) is 10.2 Å². The van der Waals surface area contributed by atoms with Gasteiger partial charge in [-0.25, -0.2) is 0 Å². The fraction of sp³-hybridized carbons (Fsp3) is 0.500. The number of thiophene rings is 1. The number of nitrogens with two attached hydrogens (primary N) is 1. The molecule has 0 bridgehead atoms. The molecule has 1 unspecified atom stereocenters. The summed E-state index contributed by atoms with van der Waals surface area (Å²) < 4.78 is 5.83. The van der Waals surface area contributed by atoms with Gasteiger partial charge in [-0.1, -0.05) is 0 Å². The third-order valence-electron chi connectivity index (χ3n) is 3.47. The molecule has 1 aliphatic heterocycles. The summed E-state index contributed by atoms with van der Waals surface area (Å²) in [6, 6.07) is 1.79. The molecule has 1 fully saturated rings. The maximum Gasteiger partial charge on any atom is 0.266 e. The zero-order valence-electron chi connectivity index (χ0n) is 12.3. The number of amides is 1. The molecule has 3 rings (SSSR count). The number of ether oxygens (including phenoxy) is 1. The van der Waals surface area contributed by atoms with Crippen molar-refractivity contribution in [2.24, 2.45) is 0 Å². The molecule has 0 saturated carbocycles. The van der Waals surface area contributed by atoms with Crippen molar-refractivity contribution in [3.63, 3.8) is 0 Å². The van der Waals surface area contributed by atoms with Crippen LogP contribution >= 0.6 is 11.3 Å². The largest absolute Gasteiger partial charge is 0.397 e. The van der Waals surface area contributed by atoms with E-state index in [1.165, 1.54) is 11.3 Å². The highest BCUT2D eigenvalue weighted by molar-refractivity contribution is 7.21. The summed E-state index contributed by atoms with van der Waals surface area (Å²) >= 11 is 1.30. The van der Waals surface area contributed by atoms with E-state index in [1.54, 1.807) is 12.3 Å². The molecule has 2 N–H and O–H groups in total. The average Bonchev–Trinajstić information content (AvgIpc) is 2.73. The Labute approximate surface area is 126 Å². The molecule has 3 heterocycles. The SMILES string of the molecule is CC1CN(C(=O)c2sc3nnccc3c2N)CC(C)(C)O1. The van der Waals surface area contributed by atoms with Crippen LogP contribution in [0.3, 0.4) is 0 Å². The fourth-order valence-electron chi connectivity index (χ4n) is 2.78. The molecule has 7 heteroatoms. The number of rotatable bonds is 1. The second-order valence-electron chi connectivity index (χ2n) is 5.97. The van der Waals surface area contributed by atoms with Crippen LogP contribution in [0.1, 0.15) is 30.4 Å². The summed E-state index contributed by atoms with van der Waals surface area (Å²) in [5, 5.41) is 8.65. The van der Waals surface area contributed by atoms with Gasteiger partial charge >= 0.3 is 0 Å². The quantitative estimate of drug-likeness (QED) is 0.870. The Hall–Kier alpha value is -1.73. The van der Waals surface area contributed by atoms with Gasteiger partial charge in [0.1, 0.15) is 9.71 Å². The van der Waals surface area contributed by atoms with E-state index in [0.29, 0.717) is 28.5 Å². The lowest BCUT2D eigenvalue weighted by Crippen LogP contribution is -2.53.